The van der Waals surface area contributed by atoms with Gasteiger partial charge in [0.05, 0.1) is 10.7 Å². The Balaban J connectivity index is 1.49. The molecule has 2 aromatic heterocycles. The molecule has 0 spiro atoms. The first-order valence-corrected chi connectivity index (χ1v) is 8.69. The summed E-state index contributed by atoms with van der Waals surface area (Å²) in [5.41, 5.74) is 2.42. The van der Waals surface area contributed by atoms with Crippen molar-refractivity contribution in [3.05, 3.63) is 28.3 Å². The molecule has 4 rings (SSSR count). The molecule has 23 heavy (non-hydrogen) atoms. The smallest absolute Gasteiger partial charge is 0.270 e. The van der Waals surface area contributed by atoms with E-state index in [1.165, 1.54) is 0 Å². The van der Waals surface area contributed by atoms with Crippen LogP contribution in [-0.4, -0.2) is 57.3 Å². The van der Waals surface area contributed by atoms with E-state index in [-0.39, 0.29) is 17.9 Å². The molecule has 6 nitrogen and oxygen atoms in total. The van der Waals surface area contributed by atoms with E-state index in [1.54, 1.807) is 11.3 Å². The molecular formula is C16H18N4O2S. The molecule has 0 saturated carbocycles. The number of amides is 2. The fraction of sp³-hybridized carbons (Fsp3) is 0.438. The first kappa shape index (κ1) is 14.4. The SMILES string of the molecule is Cc1nc(-c2c[nH]c(C(=O)N3CCN4C(=O)CCC4C3)c2)cs1. The van der Waals surface area contributed by atoms with Crippen LogP contribution in [0.15, 0.2) is 17.6 Å². The summed E-state index contributed by atoms with van der Waals surface area (Å²) in [4.78, 5) is 35.7. The normalized spacial score (nSPS) is 20.9. The van der Waals surface area contributed by atoms with Gasteiger partial charge in [-0.2, -0.15) is 0 Å². The van der Waals surface area contributed by atoms with Gasteiger partial charge in [-0.1, -0.05) is 0 Å². The van der Waals surface area contributed by atoms with Gasteiger partial charge in [0.2, 0.25) is 5.91 Å². The number of H-pyrrole nitrogens is 1. The van der Waals surface area contributed by atoms with Crippen molar-refractivity contribution in [1.82, 2.24) is 19.8 Å². The maximum Gasteiger partial charge on any atom is 0.270 e. The highest BCUT2D eigenvalue weighted by Gasteiger charge is 2.37. The minimum absolute atomic E-state index is 0.00204. The summed E-state index contributed by atoms with van der Waals surface area (Å²) in [7, 11) is 0. The van der Waals surface area contributed by atoms with Crippen LogP contribution in [0.3, 0.4) is 0 Å². The lowest BCUT2D eigenvalue weighted by Gasteiger charge is -2.37. The summed E-state index contributed by atoms with van der Waals surface area (Å²) in [6.07, 6.45) is 3.30. The Morgan fingerprint density at radius 2 is 2.30 bits per heavy atom. The van der Waals surface area contributed by atoms with Crippen LogP contribution < -0.4 is 0 Å². The van der Waals surface area contributed by atoms with Crippen molar-refractivity contribution < 1.29 is 9.59 Å². The third-order valence-electron chi connectivity index (χ3n) is 4.61. The van der Waals surface area contributed by atoms with Crippen LogP contribution in [0.2, 0.25) is 0 Å². The number of rotatable bonds is 2. The van der Waals surface area contributed by atoms with Gasteiger partial charge in [0, 0.05) is 49.2 Å². The summed E-state index contributed by atoms with van der Waals surface area (Å²) < 4.78 is 0. The molecule has 4 heterocycles. The van der Waals surface area contributed by atoms with Gasteiger partial charge in [0.15, 0.2) is 0 Å². The maximum absolute atomic E-state index is 12.7. The van der Waals surface area contributed by atoms with Crippen LogP contribution in [0.4, 0.5) is 0 Å². The maximum atomic E-state index is 12.7. The first-order chi connectivity index (χ1) is 11.1. The summed E-state index contributed by atoms with van der Waals surface area (Å²) in [5.74, 6) is 0.227. The fourth-order valence-electron chi connectivity index (χ4n) is 3.38. The van der Waals surface area contributed by atoms with E-state index in [9.17, 15) is 9.59 Å². The molecule has 2 amide bonds. The number of piperazine rings is 1. The lowest BCUT2D eigenvalue weighted by atomic mass is 10.1. The molecule has 120 valence electrons. The number of carbonyl (C=O) groups excluding carboxylic acids is 2. The van der Waals surface area contributed by atoms with Crippen LogP contribution in [0, 0.1) is 6.92 Å². The quantitative estimate of drug-likeness (QED) is 0.914. The molecule has 2 aliphatic rings. The second-order valence-electron chi connectivity index (χ2n) is 6.08. The van der Waals surface area contributed by atoms with Gasteiger partial charge in [0.1, 0.15) is 5.69 Å². The highest BCUT2D eigenvalue weighted by atomic mass is 32.1. The van der Waals surface area contributed by atoms with Crippen molar-refractivity contribution in [2.75, 3.05) is 19.6 Å². The molecule has 1 unspecified atom stereocenters. The van der Waals surface area contributed by atoms with Crippen molar-refractivity contribution in [3.63, 3.8) is 0 Å². The second kappa shape index (κ2) is 5.49. The summed E-state index contributed by atoms with van der Waals surface area (Å²) in [6.45, 7) is 3.85. The minimum atomic E-state index is 0.00204. The van der Waals surface area contributed by atoms with E-state index in [4.69, 9.17) is 0 Å². The van der Waals surface area contributed by atoms with Gasteiger partial charge in [-0.15, -0.1) is 11.3 Å². The molecule has 7 heteroatoms. The average molecular weight is 330 g/mol. The Hall–Kier alpha value is -2.15. The zero-order chi connectivity index (χ0) is 16.0. The Bertz CT molecular complexity index is 766. The Kier molecular flexibility index (Phi) is 3.45. The van der Waals surface area contributed by atoms with Crippen molar-refractivity contribution in [3.8, 4) is 11.3 Å². The van der Waals surface area contributed by atoms with Crippen LogP contribution >= 0.6 is 11.3 Å². The number of nitrogens with one attached hydrogen (secondary N) is 1. The van der Waals surface area contributed by atoms with Gasteiger partial charge >= 0.3 is 0 Å². The summed E-state index contributed by atoms with van der Waals surface area (Å²) in [5, 5.41) is 3.01. The Labute approximate surface area is 138 Å². The number of aryl methyl sites for hydroxylation is 1. The molecule has 2 saturated heterocycles. The third kappa shape index (κ3) is 2.55. The monoisotopic (exact) mass is 330 g/mol. The number of fused-ring (bicyclic) bond motifs is 1. The molecule has 2 aromatic rings. The van der Waals surface area contributed by atoms with Crippen LogP contribution in [0.25, 0.3) is 11.3 Å². The number of hydrogen-bond donors (Lipinski definition) is 1. The largest absolute Gasteiger partial charge is 0.357 e. The summed E-state index contributed by atoms with van der Waals surface area (Å²) in [6, 6.07) is 2.05. The zero-order valence-electron chi connectivity index (χ0n) is 12.9. The highest BCUT2D eigenvalue weighted by molar-refractivity contribution is 7.09. The molecule has 0 bridgehead atoms. The molecule has 0 radical (unpaired) electrons. The number of carbonyl (C=O) groups is 2. The number of hydrogen-bond acceptors (Lipinski definition) is 4. The van der Waals surface area contributed by atoms with Gasteiger partial charge in [-0.25, -0.2) is 4.98 Å². The predicted octanol–water partition coefficient (Wildman–Crippen LogP) is 1.89. The second-order valence-corrected chi connectivity index (χ2v) is 7.15. The van der Waals surface area contributed by atoms with E-state index < -0.39 is 0 Å². The fourth-order valence-corrected chi connectivity index (χ4v) is 4.00. The Morgan fingerprint density at radius 1 is 1.43 bits per heavy atom. The van der Waals surface area contributed by atoms with E-state index in [0.717, 1.165) is 22.7 Å². The lowest BCUT2D eigenvalue weighted by molar-refractivity contribution is -0.130. The molecule has 0 aliphatic carbocycles. The first-order valence-electron chi connectivity index (χ1n) is 7.81. The van der Waals surface area contributed by atoms with Crippen LogP contribution in [0.5, 0.6) is 0 Å². The van der Waals surface area contributed by atoms with Crippen molar-refractivity contribution >= 4 is 23.2 Å². The van der Waals surface area contributed by atoms with Gasteiger partial charge in [0.25, 0.3) is 5.91 Å². The number of nitrogens with zero attached hydrogens (tertiary/aromatic N) is 3. The van der Waals surface area contributed by atoms with Crippen molar-refractivity contribution in [1.29, 1.82) is 0 Å². The third-order valence-corrected chi connectivity index (χ3v) is 5.38. The molecule has 2 fully saturated rings. The molecule has 1 N–H and O–H groups in total. The number of aromatic nitrogens is 2. The average Bonchev–Trinajstić information content (AvgIpc) is 3.26. The predicted molar refractivity (Wildman–Crippen MR) is 87.3 cm³/mol. The van der Waals surface area contributed by atoms with Gasteiger partial charge in [-0.05, 0) is 19.4 Å². The highest BCUT2D eigenvalue weighted by Crippen LogP contribution is 2.25. The van der Waals surface area contributed by atoms with Crippen molar-refractivity contribution in [2.24, 2.45) is 0 Å². The number of thiazole rings is 1. The van der Waals surface area contributed by atoms with E-state index >= 15 is 0 Å². The van der Waals surface area contributed by atoms with Gasteiger partial charge in [-0.3, -0.25) is 9.59 Å². The van der Waals surface area contributed by atoms with Crippen LogP contribution in [-0.2, 0) is 4.79 Å². The summed E-state index contributed by atoms with van der Waals surface area (Å²) >= 11 is 1.60. The van der Waals surface area contributed by atoms with Crippen molar-refractivity contribution in [2.45, 2.75) is 25.8 Å². The van der Waals surface area contributed by atoms with Crippen LogP contribution in [0.1, 0.15) is 28.3 Å². The minimum Gasteiger partial charge on any atom is -0.357 e. The van der Waals surface area contributed by atoms with Gasteiger partial charge < -0.3 is 14.8 Å². The molecule has 0 aromatic carbocycles. The molecule has 1 atom stereocenters. The molecular weight excluding hydrogens is 312 g/mol. The standard InChI is InChI=1S/C16H18N4O2S/c1-10-18-14(9-23-10)11-6-13(17-7-11)16(22)19-4-5-20-12(8-19)2-3-15(20)21/h6-7,9,12,17H,2-5,8H2,1H3. The van der Waals surface area contributed by atoms with E-state index in [1.807, 2.05) is 34.4 Å². The lowest BCUT2D eigenvalue weighted by Crippen LogP contribution is -2.53. The molecule has 2 aliphatic heterocycles. The number of aromatic amines is 1. The zero-order valence-corrected chi connectivity index (χ0v) is 13.7. The Morgan fingerprint density at radius 3 is 3.09 bits per heavy atom. The topological polar surface area (TPSA) is 69.3 Å². The van der Waals surface area contributed by atoms with E-state index in [0.29, 0.717) is 31.7 Å². The van der Waals surface area contributed by atoms with E-state index in [2.05, 4.69) is 9.97 Å².